The number of amides is 2. The predicted octanol–water partition coefficient (Wildman–Crippen LogP) is 5.76. The smallest absolute Gasteiger partial charge is 0.319 e. The molecule has 4 aromatic rings. The van der Waals surface area contributed by atoms with Crippen molar-refractivity contribution < 1.29 is 23.9 Å². The summed E-state index contributed by atoms with van der Waals surface area (Å²) in [5, 5.41) is 1.96. The van der Waals surface area contributed by atoms with Crippen molar-refractivity contribution in [2.45, 2.75) is 12.8 Å². The van der Waals surface area contributed by atoms with Gasteiger partial charge in [0.1, 0.15) is 11.5 Å². The molecule has 0 aromatic heterocycles. The van der Waals surface area contributed by atoms with E-state index in [1.54, 1.807) is 24.3 Å². The van der Waals surface area contributed by atoms with E-state index >= 15 is 0 Å². The zero-order chi connectivity index (χ0) is 26.7. The minimum absolute atomic E-state index is 0.310. The van der Waals surface area contributed by atoms with Crippen LogP contribution in [0.5, 0.6) is 11.5 Å². The van der Waals surface area contributed by atoms with Gasteiger partial charge in [-0.2, -0.15) is 0 Å². The van der Waals surface area contributed by atoms with Crippen LogP contribution in [0.25, 0.3) is 16.3 Å². The summed E-state index contributed by atoms with van der Waals surface area (Å²) in [4.78, 5) is 43.0. The van der Waals surface area contributed by atoms with E-state index < -0.39 is 23.7 Å². The molecule has 2 amide bonds. The topological polar surface area (TPSA) is 72.9 Å². The molecule has 0 bridgehead atoms. The van der Waals surface area contributed by atoms with Gasteiger partial charge in [-0.25, -0.2) is 4.90 Å². The molecule has 2 aliphatic heterocycles. The van der Waals surface area contributed by atoms with Crippen molar-refractivity contribution in [2.24, 2.45) is 17.8 Å². The molecule has 6 nitrogen and oxygen atoms in total. The molecule has 39 heavy (non-hydrogen) atoms. The fraction of sp³-hybridized carbons (Fsp3) is 0.182. The van der Waals surface area contributed by atoms with Crippen molar-refractivity contribution in [3.8, 4) is 11.5 Å². The highest BCUT2D eigenvalue weighted by Crippen LogP contribution is 2.55. The first-order chi connectivity index (χ1) is 19.1. The van der Waals surface area contributed by atoms with E-state index in [0.717, 1.165) is 27.5 Å². The monoisotopic (exact) mass is 515 g/mol. The maximum atomic E-state index is 14.2. The number of ether oxygens (including phenoxy) is 2. The van der Waals surface area contributed by atoms with Crippen LogP contribution in [-0.2, 0) is 14.4 Å². The van der Waals surface area contributed by atoms with Crippen LogP contribution in [-0.4, -0.2) is 24.4 Å². The molecule has 1 fully saturated rings. The number of rotatable bonds is 4. The summed E-state index contributed by atoms with van der Waals surface area (Å²) in [6.45, 7) is 2.41. The van der Waals surface area contributed by atoms with E-state index in [-0.39, 0.29) is 17.7 Å². The van der Waals surface area contributed by atoms with Gasteiger partial charge in [0.25, 0.3) is 0 Å². The molecule has 2 heterocycles. The molecule has 7 rings (SSSR count). The lowest BCUT2D eigenvalue weighted by Crippen LogP contribution is -2.42. The Kier molecular flexibility index (Phi) is 5.37. The molecule has 1 aliphatic carbocycles. The Morgan fingerprint density at radius 2 is 1.51 bits per heavy atom. The molecular weight excluding hydrogens is 490 g/mol. The highest BCUT2D eigenvalue weighted by molar-refractivity contribution is 6.25. The summed E-state index contributed by atoms with van der Waals surface area (Å²) in [7, 11) is 0. The first kappa shape index (κ1) is 23.4. The van der Waals surface area contributed by atoms with Crippen LogP contribution in [0.1, 0.15) is 24.0 Å². The van der Waals surface area contributed by atoms with Gasteiger partial charge >= 0.3 is 5.97 Å². The fourth-order valence-electron chi connectivity index (χ4n) is 6.45. The quantitative estimate of drug-likeness (QED) is 0.196. The van der Waals surface area contributed by atoms with Crippen molar-refractivity contribution in [3.05, 3.63) is 108 Å². The van der Waals surface area contributed by atoms with E-state index in [9.17, 15) is 14.4 Å². The van der Waals surface area contributed by atoms with E-state index in [0.29, 0.717) is 23.8 Å². The Hall–Kier alpha value is -4.71. The van der Waals surface area contributed by atoms with Gasteiger partial charge in [0, 0.05) is 11.5 Å². The average molecular weight is 516 g/mol. The Balaban J connectivity index is 1.42. The van der Waals surface area contributed by atoms with Crippen molar-refractivity contribution in [1.82, 2.24) is 0 Å². The predicted molar refractivity (Wildman–Crippen MR) is 147 cm³/mol. The first-order valence-corrected chi connectivity index (χ1v) is 13.2. The number of anilines is 1. The molecule has 6 heteroatoms. The maximum Gasteiger partial charge on any atom is 0.319 e. The molecule has 1 saturated heterocycles. The summed E-state index contributed by atoms with van der Waals surface area (Å²) in [5.74, 6) is -2.93. The second kappa shape index (κ2) is 8.95. The largest absolute Gasteiger partial charge is 0.494 e. The molecule has 0 spiro atoms. The third kappa shape index (κ3) is 3.52. The number of fused-ring (bicyclic) bond motifs is 7. The first-order valence-electron chi connectivity index (χ1n) is 13.2. The Bertz CT molecular complexity index is 1670. The Morgan fingerprint density at radius 1 is 0.795 bits per heavy atom. The van der Waals surface area contributed by atoms with Gasteiger partial charge < -0.3 is 9.47 Å². The van der Waals surface area contributed by atoms with Crippen LogP contribution in [0.15, 0.2) is 97.1 Å². The third-order valence-corrected chi connectivity index (χ3v) is 8.07. The van der Waals surface area contributed by atoms with Gasteiger partial charge in [0.2, 0.25) is 11.8 Å². The summed E-state index contributed by atoms with van der Waals surface area (Å²) >= 11 is 0. The van der Waals surface area contributed by atoms with Crippen molar-refractivity contribution >= 4 is 39.8 Å². The normalized spacial score (nSPS) is 23.6. The van der Waals surface area contributed by atoms with E-state index in [4.69, 9.17) is 9.47 Å². The summed E-state index contributed by atoms with van der Waals surface area (Å²) < 4.78 is 11.4. The number of carbonyl (C=O) groups is 3. The lowest BCUT2D eigenvalue weighted by atomic mass is 9.64. The zero-order valence-electron chi connectivity index (χ0n) is 21.2. The van der Waals surface area contributed by atoms with Crippen LogP contribution in [0, 0.1) is 17.8 Å². The molecule has 0 unspecified atom stereocenters. The molecule has 192 valence electrons. The van der Waals surface area contributed by atoms with Crippen LogP contribution in [0.2, 0.25) is 0 Å². The van der Waals surface area contributed by atoms with Gasteiger partial charge in [0.15, 0.2) is 0 Å². The minimum Gasteiger partial charge on any atom is -0.494 e. The molecule has 3 aliphatic rings. The van der Waals surface area contributed by atoms with Crippen LogP contribution in [0.3, 0.4) is 0 Å². The van der Waals surface area contributed by atoms with Gasteiger partial charge in [-0.05, 0) is 59.2 Å². The highest BCUT2D eigenvalue weighted by atomic mass is 16.5. The lowest BCUT2D eigenvalue weighted by Gasteiger charge is -2.38. The highest BCUT2D eigenvalue weighted by Gasteiger charge is 2.60. The standard InChI is InChI=1S/C33H25NO5/c1-2-38-22-15-13-21(14-16-22)34-31(35)28-24(19-8-4-3-5-9-19)18-25-27-23-11-7-6-10-20(23)12-17-26(27)39-33(37)29(25)30(28)32(34)36/h3-18,24,28-30H,2H2,1H3/t24-,28+,29+,30-/m0/s1. The number of hydrogen-bond acceptors (Lipinski definition) is 5. The van der Waals surface area contributed by atoms with Crippen LogP contribution < -0.4 is 14.4 Å². The molecule has 0 N–H and O–H groups in total. The fourth-order valence-corrected chi connectivity index (χ4v) is 6.45. The number of hydrogen-bond donors (Lipinski definition) is 0. The average Bonchev–Trinajstić information content (AvgIpc) is 3.23. The summed E-state index contributed by atoms with van der Waals surface area (Å²) in [5.41, 5.74) is 2.96. The molecule has 4 atom stereocenters. The van der Waals surface area contributed by atoms with E-state index in [1.165, 1.54) is 4.90 Å². The summed E-state index contributed by atoms with van der Waals surface area (Å²) in [6.07, 6.45) is 2.03. The molecule has 4 aromatic carbocycles. The zero-order valence-corrected chi connectivity index (χ0v) is 21.2. The van der Waals surface area contributed by atoms with Crippen LogP contribution in [0.4, 0.5) is 5.69 Å². The maximum absolute atomic E-state index is 14.2. The Labute approximate surface area is 225 Å². The number of benzene rings is 4. The van der Waals surface area contributed by atoms with E-state index in [1.807, 2.05) is 79.7 Å². The second-order valence-electron chi connectivity index (χ2n) is 10.1. The van der Waals surface area contributed by atoms with Gasteiger partial charge in [-0.15, -0.1) is 0 Å². The number of carbonyl (C=O) groups excluding carboxylic acids is 3. The second-order valence-corrected chi connectivity index (χ2v) is 10.1. The number of imide groups is 1. The number of nitrogens with zero attached hydrogens (tertiary/aromatic N) is 1. The van der Waals surface area contributed by atoms with Crippen LogP contribution >= 0.6 is 0 Å². The van der Waals surface area contributed by atoms with Crippen molar-refractivity contribution in [2.75, 3.05) is 11.5 Å². The molecular formula is C33H25NO5. The minimum atomic E-state index is -0.881. The number of esters is 1. The van der Waals surface area contributed by atoms with Crippen molar-refractivity contribution in [1.29, 1.82) is 0 Å². The molecule has 0 radical (unpaired) electrons. The lowest BCUT2D eigenvalue weighted by molar-refractivity contribution is -0.142. The van der Waals surface area contributed by atoms with Gasteiger partial charge in [0.05, 0.1) is 30.0 Å². The SMILES string of the molecule is CCOc1ccc(N2C(=O)[C@@H]3[C@@H]4C(=O)Oc5ccc6ccccc6c5C4=C[C@@H](c4ccccc4)[C@H]3C2=O)cc1. The number of allylic oxidation sites excluding steroid dienone is 1. The van der Waals surface area contributed by atoms with Crippen molar-refractivity contribution in [3.63, 3.8) is 0 Å². The molecule has 0 saturated carbocycles. The van der Waals surface area contributed by atoms with Gasteiger partial charge in [-0.1, -0.05) is 66.7 Å². The van der Waals surface area contributed by atoms with E-state index in [2.05, 4.69) is 0 Å². The van der Waals surface area contributed by atoms with Gasteiger partial charge in [-0.3, -0.25) is 14.4 Å². The Morgan fingerprint density at radius 3 is 2.28 bits per heavy atom. The summed E-state index contributed by atoms with van der Waals surface area (Å²) in [6, 6.07) is 28.3. The third-order valence-electron chi connectivity index (χ3n) is 8.07.